The molecule has 0 saturated carbocycles. The molecule has 6 heteroatoms. The first kappa shape index (κ1) is 12.8. The van der Waals surface area contributed by atoms with E-state index in [0.29, 0.717) is 16.4 Å². The van der Waals surface area contributed by atoms with Crippen LogP contribution in [-0.4, -0.2) is 24.1 Å². The van der Waals surface area contributed by atoms with E-state index in [2.05, 4.69) is 15.3 Å². The quantitative estimate of drug-likeness (QED) is 0.749. The Labute approximate surface area is 119 Å². The summed E-state index contributed by atoms with van der Waals surface area (Å²) in [5.74, 6) is 0.730. The fourth-order valence-electron chi connectivity index (χ4n) is 1.88. The molecule has 4 nitrogen and oxygen atoms in total. The fraction of sp³-hybridized carbons (Fsp3) is 0.143. The van der Waals surface area contributed by atoms with Gasteiger partial charge >= 0.3 is 0 Å². The number of halogens is 1. The van der Waals surface area contributed by atoms with Crippen LogP contribution in [0.5, 0.6) is 5.75 Å². The molecule has 0 spiro atoms. The summed E-state index contributed by atoms with van der Waals surface area (Å²) in [6.45, 7) is 0. The van der Waals surface area contributed by atoms with Gasteiger partial charge in [-0.3, -0.25) is 0 Å². The van der Waals surface area contributed by atoms with Gasteiger partial charge in [0.15, 0.2) is 0 Å². The summed E-state index contributed by atoms with van der Waals surface area (Å²) in [5.41, 5.74) is 1.23. The lowest BCUT2D eigenvalue weighted by Crippen LogP contribution is -1.95. The van der Waals surface area contributed by atoms with E-state index in [1.165, 1.54) is 11.3 Å². The Morgan fingerprint density at radius 3 is 2.75 bits per heavy atom. The van der Waals surface area contributed by atoms with E-state index in [0.717, 1.165) is 16.0 Å². The monoisotopic (exact) mass is 289 g/mol. The van der Waals surface area contributed by atoms with Crippen LogP contribution in [0.1, 0.15) is 0 Å². The van der Waals surface area contributed by atoms with Crippen molar-refractivity contribution in [3.8, 4) is 16.3 Å². The van der Waals surface area contributed by atoms with Crippen LogP contribution in [0, 0.1) is 5.95 Å². The molecule has 0 amide bonds. The minimum Gasteiger partial charge on any atom is -0.497 e. The summed E-state index contributed by atoms with van der Waals surface area (Å²) in [6.07, 6.45) is 0. The predicted octanol–water partition coefficient (Wildman–Crippen LogP) is 3.55. The van der Waals surface area contributed by atoms with Gasteiger partial charge in [-0.15, -0.1) is 11.3 Å². The first-order chi connectivity index (χ1) is 9.71. The minimum atomic E-state index is -0.525. The second-order valence-electron chi connectivity index (χ2n) is 4.14. The maximum absolute atomic E-state index is 14.0. The normalized spacial score (nSPS) is 10.8. The van der Waals surface area contributed by atoms with Crippen LogP contribution in [0.3, 0.4) is 0 Å². The fourth-order valence-corrected chi connectivity index (χ4v) is 2.89. The Bertz CT molecular complexity index is 772. The van der Waals surface area contributed by atoms with Gasteiger partial charge < -0.3 is 10.1 Å². The maximum Gasteiger partial charge on any atom is 0.225 e. The number of benzene rings is 1. The molecule has 20 heavy (non-hydrogen) atoms. The zero-order valence-electron chi connectivity index (χ0n) is 11.0. The average molecular weight is 289 g/mol. The SMILES string of the molecule is CNc1ccc(-c2nc3ccc(OC)cc3s2)c(F)n1. The molecule has 0 unspecified atom stereocenters. The van der Waals surface area contributed by atoms with E-state index in [-0.39, 0.29) is 0 Å². The molecule has 0 aliphatic rings. The van der Waals surface area contributed by atoms with Crippen molar-refractivity contribution in [3.63, 3.8) is 0 Å². The van der Waals surface area contributed by atoms with Crippen molar-refractivity contribution >= 4 is 27.4 Å². The number of rotatable bonds is 3. The van der Waals surface area contributed by atoms with E-state index >= 15 is 0 Å². The van der Waals surface area contributed by atoms with E-state index < -0.39 is 5.95 Å². The average Bonchev–Trinajstić information content (AvgIpc) is 2.89. The Balaban J connectivity index is 2.10. The number of nitrogens with zero attached hydrogens (tertiary/aromatic N) is 2. The number of pyridine rings is 1. The molecular weight excluding hydrogens is 277 g/mol. The zero-order valence-corrected chi connectivity index (χ0v) is 11.8. The summed E-state index contributed by atoms with van der Waals surface area (Å²) >= 11 is 1.42. The Morgan fingerprint density at radius 1 is 1.20 bits per heavy atom. The Hall–Kier alpha value is -2.21. The molecule has 0 atom stereocenters. The zero-order chi connectivity index (χ0) is 14.1. The number of hydrogen-bond acceptors (Lipinski definition) is 5. The van der Waals surface area contributed by atoms with Gasteiger partial charge in [-0.25, -0.2) is 9.97 Å². The van der Waals surface area contributed by atoms with Crippen LogP contribution < -0.4 is 10.1 Å². The van der Waals surface area contributed by atoms with E-state index in [1.54, 1.807) is 26.3 Å². The molecule has 0 fully saturated rings. The molecule has 102 valence electrons. The predicted molar refractivity (Wildman–Crippen MR) is 78.9 cm³/mol. The third-order valence-electron chi connectivity index (χ3n) is 2.93. The molecule has 0 saturated heterocycles. The molecule has 2 aromatic heterocycles. The molecule has 3 aromatic rings. The Morgan fingerprint density at radius 2 is 2.05 bits per heavy atom. The molecule has 0 bridgehead atoms. The summed E-state index contributed by atoms with van der Waals surface area (Å²) < 4.78 is 20.1. The number of ether oxygens (including phenoxy) is 1. The highest BCUT2D eigenvalue weighted by Gasteiger charge is 2.12. The van der Waals surface area contributed by atoms with Crippen molar-refractivity contribution < 1.29 is 9.13 Å². The van der Waals surface area contributed by atoms with Gasteiger partial charge in [0.05, 0.1) is 22.9 Å². The van der Waals surface area contributed by atoms with E-state index in [4.69, 9.17) is 4.74 Å². The minimum absolute atomic E-state index is 0.407. The number of aromatic nitrogens is 2. The molecule has 1 aromatic carbocycles. The lowest BCUT2D eigenvalue weighted by molar-refractivity contribution is 0.415. The molecule has 3 rings (SSSR count). The second kappa shape index (κ2) is 5.05. The molecular formula is C14H12FN3OS. The number of hydrogen-bond donors (Lipinski definition) is 1. The number of fused-ring (bicyclic) bond motifs is 1. The smallest absolute Gasteiger partial charge is 0.225 e. The van der Waals surface area contributed by atoms with Gasteiger partial charge in [-0.2, -0.15) is 4.39 Å². The summed E-state index contributed by atoms with van der Waals surface area (Å²) in [4.78, 5) is 8.27. The van der Waals surface area contributed by atoms with Crippen molar-refractivity contribution in [1.82, 2.24) is 9.97 Å². The molecule has 0 radical (unpaired) electrons. The van der Waals surface area contributed by atoms with Crippen molar-refractivity contribution in [2.24, 2.45) is 0 Å². The first-order valence-electron chi connectivity index (χ1n) is 6.00. The first-order valence-corrected chi connectivity index (χ1v) is 6.82. The number of thiazole rings is 1. The largest absolute Gasteiger partial charge is 0.497 e. The lowest BCUT2D eigenvalue weighted by Gasteiger charge is -2.01. The van der Waals surface area contributed by atoms with Crippen LogP contribution >= 0.6 is 11.3 Å². The van der Waals surface area contributed by atoms with Gasteiger partial charge in [0, 0.05) is 7.05 Å². The van der Waals surface area contributed by atoms with E-state index in [1.807, 2.05) is 18.2 Å². The van der Waals surface area contributed by atoms with Gasteiger partial charge in [-0.05, 0) is 30.3 Å². The van der Waals surface area contributed by atoms with Crippen molar-refractivity contribution in [3.05, 3.63) is 36.3 Å². The van der Waals surface area contributed by atoms with Crippen LogP contribution in [0.4, 0.5) is 10.2 Å². The topological polar surface area (TPSA) is 47.0 Å². The summed E-state index contributed by atoms with van der Waals surface area (Å²) in [7, 11) is 3.31. The summed E-state index contributed by atoms with van der Waals surface area (Å²) in [5, 5.41) is 3.42. The molecule has 2 heterocycles. The third kappa shape index (κ3) is 2.18. The van der Waals surface area contributed by atoms with Crippen LogP contribution in [-0.2, 0) is 0 Å². The van der Waals surface area contributed by atoms with Gasteiger partial charge in [0.25, 0.3) is 0 Å². The Kier molecular flexibility index (Phi) is 3.23. The highest BCUT2D eigenvalue weighted by molar-refractivity contribution is 7.21. The van der Waals surface area contributed by atoms with Crippen LogP contribution in [0.25, 0.3) is 20.8 Å². The highest BCUT2D eigenvalue weighted by Crippen LogP contribution is 2.33. The van der Waals surface area contributed by atoms with E-state index in [9.17, 15) is 4.39 Å². The maximum atomic E-state index is 14.0. The van der Waals surface area contributed by atoms with Crippen LogP contribution in [0.2, 0.25) is 0 Å². The number of methoxy groups -OCH3 is 1. The molecule has 0 aliphatic carbocycles. The van der Waals surface area contributed by atoms with Crippen LogP contribution in [0.15, 0.2) is 30.3 Å². The van der Waals surface area contributed by atoms with Crippen molar-refractivity contribution in [1.29, 1.82) is 0 Å². The van der Waals surface area contributed by atoms with Gasteiger partial charge in [0.1, 0.15) is 16.6 Å². The van der Waals surface area contributed by atoms with Crippen molar-refractivity contribution in [2.75, 3.05) is 19.5 Å². The second-order valence-corrected chi connectivity index (χ2v) is 5.17. The summed E-state index contributed by atoms with van der Waals surface area (Å²) in [6, 6.07) is 9.00. The van der Waals surface area contributed by atoms with Crippen molar-refractivity contribution in [2.45, 2.75) is 0 Å². The van der Waals surface area contributed by atoms with Gasteiger partial charge in [-0.1, -0.05) is 0 Å². The number of nitrogens with one attached hydrogen (secondary N) is 1. The number of anilines is 1. The van der Waals surface area contributed by atoms with Gasteiger partial charge in [0.2, 0.25) is 5.95 Å². The third-order valence-corrected chi connectivity index (χ3v) is 3.98. The highest BCUT2D eigenvalue weighted by atomic mass is 32.1. The molecule has 1 N–H and O–H groups in total. The molecule has 0 aliphatic heterocycles. The lowest BCUT2D eigenvalue weighted by atomic mass is 10.3. The standard InChI is InChI=1S/C14H12FN3OS/c1-16-12-6-4-9(13(15)18-12)14-17-10-5-3-8(19-2)7-11(10)20-14/h3-7H,1-2H3,(H,16,18).